The fourth-order valence-electron chi connectivity index (χ4n) is 1.20. The Hall–Kier alpha value is -0.790. The molecule has 0 rings (SSSR count). The number of carbonyl (C=O) groups is 1. The number of allylic oxidation sites excluding steroid dienone is 1. The highest BCUT2D eigenvalue weighted by Crippen LogP contribution is 2.20. The van der Waals surface area contributed by atoms with Gasteiger partial charge in [0, 0.05) is 0 Å². The smallest absolute Gasteiger partial charge is 0.310 e. The van der Waals surface area contributed by atoms with E-state index < -0.39 is 5.60 Å². The van der Waals surface area contributed by atoms with Gasteiger partial charge in [0.1, 0.15) is 5.60 Å². The Kier molecular flexibility index (Phi) is 4.89. The molecule has 0 bridgehead atoms. The maximum atomic E-state index is 11.7. The van der Waals surface area contributed by atoms with E-state index in [1.165, 1.54) is 0 Å². The zero-order valence-electron chi connectivity index (χ0n) is 9.96. The fourth-order valence-corrected chi connectivity index (χ4v) is 1.20. The Bertz CT molecular complexity index is 199. The highest BCUT2D eigenvalue weighted by atomic mass is 16.6. The summed E-state index contributed by atoms with van der Waals surface area (Å²) in [6, 6.07) is 0. The molecule has 2 heteroatoms. The van der Waals surface area contributed by atoms with Crippen LogP contribution in [0.3, 0.4) is 0 Å². The predicted octanol–water partition coefficient (Wildman–Crippen LogP) is 3.18. The number of rotatable bonds is 4. The molecular weight excluding hydrogens is 176 g/mol. The van der Waals surface area contributed by atoms with Crippen LogP contribution in [0, 0.1) is 11.8 Å². The quantitative estimate of drug-likeness (QED) is 0.512. The zero-order valence-corrected chi connectivity index (χ0v) is 9.96. The Morgan fingerprint density at radius 3 is 2.21 bits per heavy atom. The minimum Gasteiger partial charge on any atom is -0.460 e. The van der Waals surface area contributed by atoms with Crippen LogP contribution in [-0.2, 0) is 9.53 Å². The van der Waals surface area contributed by atoms with Crippen LogP contribution < -0.4 is 0 Å². The van der Waals surface area contributed by atoms with E-state index in [0.717, 1.165) is 0 Å². The number of hydrogen-bond acceptors (Lipinski definition) is 2. The second-order valence-electron chi connectivity index (χ2n) is 4.91. The summed E-state index contributed by atoms with van der Waals surface area (Å²) < 4.78 is 5.33. The number of hydrogen-bond donors (Lipinski definition) is 0. The molecule has 0 aliphatic rings. The highest BCUT2D eigenvalue weighted by Gasteiger charge is 2.26. The van der Waals surface area contributed by atoms with E-state index in [4.69, 9.17) is 4.74 Å². The maximum Gasteiger partial charge on any atom is 0.310 e. The first-order valence-corrected chi connectivity index (χ1v) is 5.11. The molecule has 0 aliphatic heterocycles. The van der Waals surface area contributed by atoms with Crippen LogP contribution in [0.5, 0.6) is 0 Å². The van der Waals surface area contributed by atoms with Crippen molar-refractivity contribution in [3.8, 4) is 0 Å². The van der Waals surface area contributed by atoms with Crippen LogP contribution in [0.15, 0.2) is 12.7 Å². The maximum absolute atomic E-state index is 11.7. The summed E-state index contributed by atoms with van der Waals surface area (Å²) in [6.45, 7) is 13.4. The molecule has 0 heterocycles. The third kappa shape index (κ3) is 5.05. The molecular formula is C12H22O2. The lowest BCUT2D eigenvalue weighted by Crippen LogP contribution is -2.30. The monoisotopic (exact) mass is 198 g/mol. The van der Waals surface area contributed by atoms with Gasteiger partial charge in [0.05, 0.1) is 5.92 Å². The minimum absolute atomic E-state index is 0.0632. The molecule has 2 nitrogen and oxygen atoms in total. The van der Waals surface area contributed by atoms with Crippen LogP contribution >= 0.6 is 0 Å². The SMILES string of the molecule is C=CCC(C(=O)OC(C)(C)C)C(C)C. The third-order valence-corrected chi connectivity index (χ3v) is 1.93. The van der Waals surface area contributed by atoms with E-state index in [1.54, 1.807) is 6.08 Å². The summed E-state index contributed by atoms with van der Waals surface area (Å²) in [5.74, 6) is 0.113. The summed E-state index contributed by atoms with van der Waals surface area (Å²) >= 11 is 0. The summed E-state index contributed by atoms with van der Waals surface area (Å²) in [4.78, 5) is 11.7. The lowest BCUT2D eigenvalue weighted by molar-refractivity contribution is -0.161. The lowest BCUT2D eigenvalue weighted by Gasteiger charge is -2.25. The molecule has 82 valence electrons. The van der Waals surface area contributed by atoms with E-state index in [-0.39, 0.29) is 11.9 Å². The van der Waals surface area contributed by atoms with Crippen LogP contribution in [-0.4, -0.2) is 11.6 Å². The van der Waals surface area contributed by atoms with E-state index in [9.17, 15) is 4.79 Å². The molecule has 0 amide bonds. The lowest BCUT2D eigenvalue weighted by atomic mass is 9.92. The zero-order chi connectivity index (χ0) is 11.4. The fraction of sp³-hybridized carbons (Fsp3) is 0.750. The summed E-state index contributed by atoms with van der Waals surface area (Å²) in [5, 5.41) is 0. The molecule has 0 aliphatic carbocycles. The van der Waals surface area contributed by atoms with Gasteiger partial charge in [0.2, 0.25) is 0 Å². The van der Waals surface area contributed by atoms with Gasteiger partial charge in [-0.2, -0.15) is 0 Å². The van der Waals surface area contributed by atoms with Crippen molar-refractivity contribution in [3.63, 3.8) is 0 Å². The second-order valence-corrected chi connectivity index (χ2v) is 4.91. The molecule has 0 saturated carbocycles. The molecule has 0 N–H and O–H groups in total. The van der Waals surface area contributed by atoms with Gasteiger partial charge >= 0.3 is 5.97 Å². The van der Waals surface area contributed by atoms with Crippen LogP contribution in [0.1, 0.15) is 41.0 Å². The first-order valence-electron chi connectivity index (χ1n) is 5.11. The number of esters is 1. The van der Waals surface area contributed by atoms with E-state index in [2.05, 4.69) is 6.58 Å². The molecule has 0 fully saturated rings. The standard InChI is InChI=1S/C12H22O2/c1-7-8-10(9(2)3)11(13)14-12(4,5)6/h7,9-10H,1,8H2,2-6H3. The van der Waals surface area contributed by atoms with E-state index in [1.807, 2.05) is 34.6 Å². The topological polar surface area (TPSA) is 26.3 Å². The van der Waals surface area contributed by atoms with Crippen molar-refractivity contribution in [2.45, 2.75) is 46.6 Å². The largest absolute Gasteiger partial charge is 0.460 e. The molecule has 0 aromatic heterocycles. The summed E-state index contributed by atoms with van der Waals surface area (Å²) in [5.41, 5.74) is -0.397. The van der Waals surface area contributed by atoms with Crippen molar-refractivity contribution in [1.82, 2.24) is 0 Å². The molecule has 0 aromatic rings. The van der Waals surface area contributed by atoms with Gasteiger partial charge < -0.3 is 4.74 Å². The van der Waals surface area contributed by atoms with Crippen molar-refractivity contribution in [3.05, 3.63) is 12.7 Å². The Morgan fingerprint density at radius 1 is 1.43 bits per heavy atom. The van der Waals surface area contributed by atoms with Gasteiger partial charge in [-0.1, -0.05) is 19.9 Å². The van der Waals surface area contributed by atoms with Crippen molar-refractivity contribution >= 4 is 5.97 Å². The molecule has 0 radical (unpaired) electrons. The van der Waals surface area contributed by atoms with Gasteiger partial charge in [-0.3, -0.25) is 4.79 Å². The average Bonchev–Trinajstić information content (AvgIpc) is 1.95. The second kappa shape index (κ2) is 5.18. The van der Waals surface area contributed by atoms with Gasteiger partial charge in [0.15, 0.2) is 0 Å². The molecule has 0 spiro atoms. The Balaban J connectivity index is 4.37. The summed E-state index contributed by atoms with van der Waals surface area (Å²) in [7, 11) is 0. The Labute approximate surface area is 87.3 Å². The van der Waals surface area contributed by atoms with Gasteiger partial charge in [0.25, 0.3) is 0 Å². The molecule has 0 aromatic carbocycles. The van der Waals surface area contributed by atoms with E-state index >= 15 is 0 Å². The highest BCUT2D eigenvalue weighted by molar-refractivity contribution is 5.73. The number of carbonyl (C=O) groups excluding carboxylic acids is 1. The van der Waals surface area contributed by atoms with Crippen molar-refractivity contribution in [2.75, 3.05) is 0 Å². The Morgan fingerprint density at radius 2 is 1.93 bits per heavy atom. The van der Waals surface area contributed by atoms with E-state index in [0.29, 0.717) is 12.3 Å². The van der Waals surface area contributed by atoms with Crippen molar-refractivity contribution in [2.24, 2.45) is 11.8 Å². The average molecular weight is 198 g/mol. The van der Waals surface area contributed by atoms with Crippen LogP contribution in [0.4, 0.5) is 0 Å². The predicted molar refractivity (Wildman–Crippen MR) is 59.0 cm³/mol. The van der Waals surface area contributed by atoms with Gasteiger partial charge in [-0.15, -0.1) is 6.58 Å². The van der Waals surface area contributed by atoms with Crippen molar-refractivity contribution in [1.29, 1.82) is 0 Å². The first-order chi connectivity index (χ1) is 6.28. The van der Waals surface area contributed by atoms with Crippen LogP contribution in [0.2, 0.25) is 0 Å². The molecule has 1 atom stereocenters. The third-order valence-electron chi connectivity index (χ3n) is 1.93. The van der Waals surface area contributed by atoms with Crippen LogP contribution in [0.25, 0.3) is 0 Å². The molecule has 0 saturated heterocycles. The first kappa shape index (κ1) is 13.2. The molecule has 1 unspecified atom stereocenters. The van der Waals surface area contributed by atoms with Gasteiger partial charge in [-0.25, -0.2) is 0 Å². The van der Waals surface area contributed by atoms with Crippen molar-refractivity contribution < 1.29 is 9.53 Å². The number of ether oxygens (including phenoxy) is 1. The van der Waals surface area contributed by atoms with Gasteiger partial charge in [-0.05, 0) is 33.1 Å². The minimum atomic E-state index is -0.397. The molecule has 14 heavy (non-hydrogen) atoms. The summed E-state index contributed by atoms with van der Waals surface area (Å²) in [6.07, 6.45) is 2.46. The normalized spacial score (nSPS) is 13.9.